The molecule has 1 unspecified atom stereocenters. The largest absolute Gasteiger partial charge is 0.334 e. The highest BCUT2D eigenvalue weighted by Crippen LogP contribution is 2.53. The maximum atomic E-state index is 2.59. The van der Waals surface area contributed by atoms with E-state index in [1.165, 1.54) is 88.9 Å². The van der Waals surface area contributed by atoms with Crippen molar-refractivity contribution < 1.29 is 0 Å². The van der Waals surface area contributed by atoms with E-state index in [1.54, 1.807) is 0 Å². The van der Waals surface area contributed by atoms with Gasteiger partial charge in [0, 0.05) is 22.2 Å². The molecular weight excluding hydrogens is 615 g/mol. The summed E-state index contributed by atoms with van der Waals surface area (Å²) in [6.07, 6.45) is 5.75. The molecule has 0 aromatic heterocycles. The molecule has 51 heavy (non-hydrogen) atoms. The van der Waals surface area contributed by atoms with Gasteiger partial charge < -0.3 is 4.90 Å². The van der Waals surface area contributed by atoms with E-state index in [0.717, 1.165) is 6.42 Å². The molecule has 0 bridgehead atoms. The van der Waals surface area contributed by atoms with Gasteiger partial charge in [0.25, 0.3) is 0 Å². The van der Waals surface area contributed by atoms with Gasteiger partial charge in [-0.2, -0.15) is 0 Å². The molecule has 1 nitrogen and oxygen atoms in total. The third-order valence-corrected chi connectivity index (χ3v) is 12.2. The van der Waals surface area contributed by atoms with Crippen molar-refractivity contribution in [1.29, 1.82) is 0 Å². The van der Waals surface area contributed by atoms with Gasteiger partial charge in [0.2, 0.25) is 0 Å². The van der Waals surface area contributed by atoms with Crippen LogP contribution < -0.4 is 4.90 Å². The third-order valence-electron chi connectivity index (χ3n) is 12.2. The van der Waals surface area contributed by atoms with E-state index in [1.807, 2.05) is 0 Å². The van der Waals surface area contributed by atoms with E-state index < -0.39 is 0 Å². The Morgan fingerprint density at radius 1 is 0.490 bits per heavy atom. The fourth-order valence-electron chi connectivity index (χ4n) is 9.49. The van der Waals surface area contributed by atoms with Crippen molar-refractivity contribution in [3.05, 3.63) is 185 Å². The van der Waals surface area contributed by atoms with Gasteiger partial charge in [0.05, 0.1) is 6.04 Å². The lowest BCUT2D eigenvalue weighted by molar-refractivity contribution is 0.658. The summed E-state index contributed by atoms with van der Waals surface area (Å²) in [4.78, 5) is 2.59. The molecule has 7 aromatic rings. The van der Waals surface area contributed by atoms with Crippen molar-refractivity contribution in [3.63, 3.8) is 0 Å². The second kappa shape index (κ2) is 10.9. The zero-order valence-electron chi connectivity index (χ0n) is 29.7. The number of benzene rings is 7. The fourth-order valence-corrected chi connectivity index (χ4v) is 9.49. The highest BCUT2D eigenvalue weighted by atomic mass is 15.2. The molecule has 0 heterocycles. The second-order valence-corrected chi connectivity index (χ2v) is 15.7. The molecule has 7 aromatic carbocycles. The van der Waals surface area contributed by atoms with Gasteiger partial charge in [0.15, 0.2) is 0 Å². The van der Waals surface area contributed by atoms with E-state index >= 15 is 0 Å². The average Bonchev–Trinajstić information content (AvgIpc) is 3.54. The van der Waals surface area contributed by atoms with Gasteiger partial charge in [-0.1, -0.05) is 155 Å². The highest BCUT2D eigenvalue weighted by molar-refractivity contribution is 5.89. The van der Waals surface area contributed by atoms with E-state index in [-0.39, 0.29) is 16.9 Å². The molecule has 0 fully saturated rings. The van der Waals surface area contributed by atoms with Gasteiger partial charge in [-0.05, 0) is 114 Å². The van der Waals surface area contributed by atoms with Gasteiger partial charge in [-0.15, -0.1) is 0 Å². The highest BCUT2D eigenvalue weighted by Gasteiger charge is 2.39. The van der Waals surface area contributed by atoms with Gasteiger partial charge >= 0.3 is 0 Å². The number of hydrogen-bond acceptors (Lipinski definition) is 1. The predicted molar refractivity (Wildman–Crippen MR) is 216 cm³/mol. The molecule has 10 rings (SSSR count). The van der Waals surface area contributed by atoms with Crippen LogP contribution in [0.2, 0.25) is 0 Å². The van der Waals surface area contributed by atoms with E-state index in [9.17, 15) is 0 Å². The van der Waals surface area contributed by atoms with Crippen molar-refractivity contribution in [2.75, 3.05) is 4.90 Å². The maximum absolute atomic E-state index is 2.59. The Kier molecular flexibility index (Phi) is 6.46. The zero-order valence-corrected chi connectivity index (χ0v) is 29.7. The SMILES string of the molecule is CC1(C)c2ccccc2-c2ccc(N(c3ccc(-c4ccc5ccccc5c4)cc3)C3C=Cc4ccc5c(c4C3)-c3ccccc3C5(C)C)cc21. The van der Waals surface area contributed by atoms with Crippen LogP contribution in [-0.2, 0) is 17.3 Å². The Hall–Kier alpha value is -5.66. The maximum Gasteiger partial charge on any atom is 0.0566 e. The first kappa shape index (κ1) is 30.2. The van der Waals surface area contributed by atoms with E-state index in [2.05, 4.69) is 190 Å². The molecule has 0 amide bonds. The summed E-state index contributed by atoms with van der Waals surface area (Å²) < 4.78 is 0. The lowest BCUT2D eigenvalue weighted by Gasteiger charge is -2.36. The van der Waals surface area contributed by atoms with Gasteiger partial charge in [-0.3, -0.25) is 0 Å². The van der Waals surface area contributed by atoms with Crippen molar-refractivity contribution in [3.8, 4) is 33.4 Å². The van der Waals surface area contributed by atoms with Crippen molar-refractivity contribution in [2.24, 2.45) is 0 Å². The Bertz CT molecular complexity index is 2560. The van der Waals surface area contributed by atoms with E-state index in [4.69, 9.17) is 0 Å². The van der Waals surface area contributed by atoms with Crippen molar-refractivity contribution in [2.45, 2.75) is 51.0 Å². The minimum absolute atomic E-state index is 0.0174. The molecule has 0 N–H and O–H groups in total. The monoisotopic (exact) mass is 655 g/mol. The first-order valence-electron chi connectivity index (χ1n) is 18.4. The van der Waals surface area contributed by atoms with Crippen LogP contribution in [0.1, 0.15) is 61.1 Å². The standard InChI is InChI=1S/C50H41N/c1-49(2)45-16-10-8-14-42(45)48-43-30-38(25-21-34(43)22-28-46(48)49)51(39-26-27-41-40-13-7-9-15-44(40)50(3,4)47(41)31-39)37-23-19-33(20-24-37)36-18-17-32-11-5-6-12-35(32)29-36/h5-29,31,38H,30H2,1-4H3. The summed E-state index contributed by atoms with van der Waals surface area (Å²) in [6.45, 7) is 9.52. The minimum atomic E-state index is -0.0708. The number of fused-ring (bicyclic) bond motifs is 9. The zero-order chi connectivity index (χ0) is 34.5. The molecule has 1 atom stereocenters. The Morgan fingerprint density at radius 2 is 1.12 bits per heavy atom. The van der Waals surface area contributed by atoms with Crippen LogP contribution in [0.4, 0.5) is 11.4 Å². The summed E-state index contributed by atoms with van der Waals surface area (Å²) in [5.74, 6) is 0. The number of hydrogen-bond donors (Lipinski definition) is 0. The van der Waals surface area contributed by atoms with E-state index in [0.29, 0.717) is 0 Å². The Labute approximate surface area is 301 Å². The summed E-state index contributed by atoms with van der Waals surface area (Å²) in [5, 5.41) is 2.54. The smallest absolute Gasteiger partial charge is 0.0566 e. The quantitative estimate of drug-likeness (QED) is 0.182. The topological polar surface area (TPSA) is 3.24 Å². The van der Waals surface area contributed by atoms with Crippen molar-refractivity contribution >= 4 is 28.2 Å². The lowest BCUT2D eigenvalue weighted by Crippen LogP contribution is -2.33. The summed E-state index contributed by atoms with van der Waals surface area (Å²) in [6, 6.07) is 54.7. The molecule has 0 saturated heterocycles. The summed E-state index contributed by atoms with van der Waals surface area (Å²) in [7, 11) is 0. The Morgan fingerprint density at radius 3 is 1.92 bits per heavy atom. The lowest BCUT2D eigenvalue weighted by atomic mass is 9.80. The van der Waals surface area contributed by atoms with Crippen LogP contribution >= 0.6 is 0 Å². The molecule has 246 valence electrons. The fraction of sp³-hybridized carbons (Fsp3) is 0.160. The van der Waals surface area contributed by atoms with Gasteiger partial charge in [-0.25, -0.2) is 0 Å². The molecule has 3 aliphatic carbocycles. The van der Waals surface area contributed by atoms with Crippen LogP contribution in [0, 0.1) is 0 Å². The Balaban J connectivity index is 1.10. The number of rotatable bonds is 4. The third kappa shape index (κ3) is 4.47. The normalized spacial score (nSPS) is 17.0. The van der Waals surface area contributed by atoms with Crippen LogP contribution in [0.5, 0.6) is 0 Å². The van der Waals surface area contributed by atoms with Crippen LogP contribution in [0.3, 0.4) is 0 Å². The minimum Gasteiger partial charge on any atom is -0.334 e. The van der Waals surface area contributed by atoms with Crippen molar-refractivity contribution in [1.82, 2.24) is 0 Å². The molecule has 1 heteroatoms. The molecular formula is C50H41N. The summed E-state index contributed by atoms with van der Waals surface area (Å²) in [5.41, 5.74) is 18.9. The van der Waals surface area contributed by atoms with Crippen LogP contribution in [0.15, 0.2) is 152 Å². The summed E-state index contributed by atoms with van der Waals surface area (Å²) >= 11 is 0. The van der Waals surface area contributed by atoms with Gasteiger partial charge in [0.1, 0.15) is 0 Å². The molecule has 0 spiro atoms. The molecule has 0 radical (unpaired) electrons. The first-order valence-corrected chi connectivity index (χ1v) is 18.4. The first-order chi connectivity index (χ1) is 24.8. The average molecular weight is 656 g/mol. The molecule has 3 aliphatic rings. The molecule has 0 saturated carbocycles. The second-order valence-electron chi connectivity index (χ2n) is 15.7. The number of nitrogens with zero attached hydrogens (tertiary/aromatic N) is 1. The van der Waals surface area contributed by atoms with Crippen LogP contribution in [0.25, 0.3) is 50.2 Å². The number of anilines is 2. The molecule has 0 aliphatic heterocycles. The predicted octanol–water partition coefficient (Wildman–Crippen LogP) is 12.9. The van der Waals surface area contributed by atoms with Crippen LogP contribution in [-0.4, -0.2) is 6.04 Å².